The molecule has 9 nitrogen and oxygen atoms in total. The highest BCUT2D eigenvalue weighted by Crippen LogP contribution is 2.41. The van der Waals surface area contributed by atoms with E-state index in [4.69, 9.17) is 11.6 Å². The van der Waals surface area contributed by atoms with Crippen molar-refractivity contribution in [3.63, 3.8) is 0 Å². The van der Waals surface area contributed by atoms with Crippen LogP contribution in [0, 0.1) is 11.1 Å². The van der Waals surface area contributed by atoms with Gasteiger partial charge in [0.1, 0.15) is 11.7 Å². The van der Waals surface area contributed by atoms with E-state index >= 15 is 0 Å². The summed E-state index contributed by atoms with van der Waals surface area (Å²) in [6.45, 7) is 0. The van der Waals surface area contributed by atoms with Gasteiger partial charge in [0.2, 0.25) is 5.69 Å². The van der Waals surface area contributed by atoms with Gasteiger partial charge in [0.25, 0.3) is 6.43 Å². The van der Waals surface area contributed by atoms with Gasteiger partial charge in [-0.2, -0.15) is 9.83 Å². The molecule has 6 rings (SSSR count). The SMILES string of the molecule is COC(=O)Nc1ccc(-c2cnc(C(CC3CC3)c3ccc(-c4cc(Cl)ccc4-n4cc(C(F)F)cn4)c[n+]3[O-])[nH]2)cc1. The van der Waals surface area contributed by atoms with Crippen LogP contribution in [0.3, 0.4) is 0 Å². The number of nitrogens with one attached hydrogen (secondary N) is 2. The number of halogens is 3. The molecule has 3 heterocycles. The third-order valence-corrected chi connectivity index (χ3v) is 7.73. The van der Waals surface area contributed by atoms with E-state index in [0.717, 1.165) is 41.4 Å². The molecule has 1 aliphatic rings. The number of pyridine rings is 1. The highest BCUT2D eigenvalue weighted by atomic mass is 35.5. The Bertz CT molecular complexity index is 1770. The van der Waals surface area contributed by atoms with Crippen LogP contribution in [-0.2, 0) is 4.74 Å². The molecular weight excluding hydrogens is 578 g/mol. The van der Waals surface area contributed by atoms with Crippen LogP contribution in [0.15, 0.2) is 79.4 Å². The molecule has 1 fully saturated rings. The molecule has 12 heteroatoms. The number of aromatic amines is 1. The molecule has 1 atom stereocenters. The van der Waals surface area contributed by atoms with Gasteiger partial charge in [0.05, 0.1) is 36.4 Å². The zero-order valence-corrected chi connectivity index (χ0v) is 23.8. The fourth-order valence-electron chi connectivity index (χ4n) is 5.06. The molecule has 0 spiro atoms. The number of amides is 1. The number of nitrogens with zero attached hydrogens (tertiary/aromatic N) is 4. The van der Waals surface area contributed by atoms with E-state index in [0.29, 0.717) is 45.0 Å². The quantitative estimate of drug-likeness (QED) is 0.136. The van der Waals surface area contributed by atoms with Crippen LogP contribution in [0.1, 0.15) is 48.7 Å². The van der Waals surface area contributed by atoms with Gasteiger partial charge < -0.3 is 14.9 Å². The van der Waals surface area contributed by atoms with Gasteiger partial charge in [-0.05, 0) is 54.3 Å². The zero-order valence-electron chi connectivity index (χ0n) is 23.0. The number of alkyl halides is 2. The molecular formula is C31H27ClF2N6O3. The largest absolute Gasteiger partial charge is 0.618 e. The Hall–Kier alpha value is -4.77. The molecule has 220 valence electrons. The predicted octanol–water partition coefficient (Wildman–Crippen LogP) is 7.26. The number of aromatic nitrogens is 5. The molecule has 1 aliphatic carbocycles. The van der Waals surface area contributed by atoms with Crippen LogP contribution in [0.5, 0.6) is 0 Å². The van der Waals surface area contributed by atoms with Gasteiger partial charge in [-0.3, -0.25) is 5.32 Å². The molecule has 2 N–H and O–H groups in total. The highest BCUT2D eigenvalue weighted by Gasteiger charge is 2.33. The van der Waals surface area contributed by atoms with Crippen molar-refractivity contribution in [3.05, 3.63) is 107 Å². The number of rotatable bonds is 9. The second-order valence-electron chi connectivity index (χ2n) is 10.5. The fourth-order valence-corrected chi connectivity index (χ4v) is 5.24. The highest BCUT2D eigenvalue weighted by molar-refractivity contribution is 6.31. The lowest BCUT2D eigenvalue weighted by molar-refractivity contribution is -0.614. The summed E-state index contributed by atoms with van der Waals surface area (Å²) in [5.41, 5.74) is 4.24. The third-order valence-electron chi connectivity index (χ3n) is 7.49. The predicted molar refractivity (Wildman–Crippen MR) is 157 cm³/mol. The second-order valence-corrected chi connectivity index (χ2v) is 10.9. The Morgan fingerprint density at radius 1 is 1.16 bits per heavy atom. The average Bonchev–Trinajstić information content (AvgIpc) is 3.46. The number of imidazole rings is 1. The third kappa shape index (κ3) is 6.21. The molecule has 5 aromatic rings. The summed E-state index contributed by atoms with van der Waals surface area (Å²) in [5.74, 6) is 0.910. The summed E-state index contributed by atoms with van der Waals surface area (Å²) in [5, 5.41) is 20.7. The summed E-state index contributed by atoms with van der Waals surface area (Å²) in [7, 11) is 1.30. The molecule has 0 saturated heterocycles. The molecule has 1 saturated carbocycles. The van der Waals surface area contributed by atoms with Crippen LogP contribution in [-0.4, -0.2) is 33.0 Å². The maximum Gasteiger partial charge on any atom is 0.411 e. The van der Waals surface area contributed by atoms with Gasteiger partial charge in [0, 0.05) is 34.1 Å². The average molecular weight is 605 g/mol. The van der Waals surface area contributed by atoms with E-state index in [1.54, 1.807) is 42.6 Å². The number of ether oxygens (including phenoxy) is 1. The van der Waals surface area contributed by atoms with Crippen molar-refractivity contribution in [3.8, 4) is 28.1 Å². The zero-order chi connectivity index (χ0) is 30.1. The maximum absolute atomic E-state index is 13.6. The van der Waals surface area contributed by atoms with Crippen LogP contribution in [0.25, 0.3) is 28.1 Å². The van der Waals surface area contributed by atoms with E-state index in [1.165, 1.54) is 24.2 Å². The standard InChI is InChI=1S/C31H27ClF2N6O3/c1-43-31(41)37-23-8-4-19(5-9-23)26-15-35-30(38-26)25(12-18-2-3-18)28-10-6-20(17-40(28)42)24-13-22(32)7-11-27(24)39-16-21(14-36-39)29(33)34/h4-11,13-18,25,29H,2-3,12H2,1H3,(H,35,38)(H,37,41). The van der Waals surface area contributed by atoms with Crippen LogP contribution in [0.2, 0.25) is 5.02 Å². The molecule has 0 bridgehead atoms. The van der Waals surface area contributed by atoms with E-state index < -0.39 is 12.5 Å². The first-order valence-corrected chi connectivity index (χ1v) is 14.0. The minimum absolute atomic E-state index is 0.204. The van der Waals surface area contributed by atoms with E-state index in [2.05, 4.69) is 25.1 Å². The lowest BCUT2D eigenvalue weighted by Gasteiger charge is -2.16. The molecule has 1 amide bonds. The lowest BCUT2D eigenvalue weighted by atomic mass is 9.95. The number of methoxy groups -OCH3 is 1. The minimum Gasteiger partial charge on any atom is -0.618 e. The van der Waals surface area contributed by atoms with Crippen molar-refractivity contribution in [2.45, 2.75) is 31.6 Å². The summed E-state index contributed by atoms with van der Waals surface area (Å²) >= 11 is 6.29. The lowest BCUT2D eigenvalue weighted by Crippen LogP contribution is -2.34. The van der Waals surface area contributed by atoms with Crippen LogP contribution in [0.4, 0.5) is 19.3 Å². The Kier molecular flexibility index (Phi) is 7.81. The van der Waals surface area contributed by atoms with Gasteiger partial charge in [-0.15, -0.1) is 0 Å². The van der Waals surface area contributed by atoms with Crippen molar-refractivity contribution < 1.29 is 23.0 Å². The summed E-state index contributed by atoms with van der Waals surface area (Å²) in [6.07, 6.45) is 5.36. The van der Waals surface area contributed by atoms with Crippen LogP contribution < -0.4 is 10.0 Å². The Morgan fingerprint density at radius 3 is 2.60 bits per heavy atom. The smallest absolute Gasteiger partial charge is 0.411 e. The van der Waals surface area contributed by atoms with Gasteiger partial charge in [-0.1, -0.05) is 36.6 Å². The summed E-state index contributed by atoms with van der Waals surface area (Å²) < 4.78 is 33.3. The van der Waals surface area contributed by atoms with E-state index in [1.807, 2.05) is 18.2 Å². The number of carbonyl (C=O) groups excluding carboxylic acids is 1. The Morgan fingerprint density at radius 2 is 1.93 bits per heavy atom. The van der Waals surface area contributed by atoms with Gasteiger partial charge in [0.15, 0.2) is 6.20 Å². The molecule has 2 aromatic carbocycles. The van der Waals surface area contributed by atoms with Crippen molar-refractivity contribution in [2.24, 2.45) is 5.92 Å². The number of hydrogen-bond acceptors (Lipinski definition) is 5. The molecule has 43 heavy (non-hydrogen) atoms. The van der Waals surface area contributed by atoms with Crippen molar-refractivity contribution in [1.82, 2.24) is 19.7 Å². The molecule has 0 radical (unpaired) electrons. The normalized spacial score (nSPS) is 13.7. The molecule has 1 unspecified atom stereocenters. The first-order chi connectivity index (χ1) is 20.8. The first kappa shape index (κ1) is 28.4. The van der Waals surface area contributed by atoms with Crippen molar-refractivity contribution in [1.29, 1.82) is 0 Å². The van der Waals surface area contributed by atoms with Gasteiger partial charge >= 0.3 is 6.09 Å². The molecule has 3 aromatic heterocycles. The summed E-state index contributed by atoms with van der Waals surface area (Å²) in [6, 6.07) is 15.9. The minimum atomic E-state index is -2.65. The molecule has 0 aliphatic heterocycles. The summed E-state index contributed by atoms with van der Waals surface area (Å²) in [4.78, 5) is 19.5. The number of carbonyl (C=O) groups is 1. The topological polar surface area (TPSA) is 112 Å². The van der Waals surface area contributed by atoms with Crippen molar-refractivity contribution in [2.75, 3.05) is 12.4 Å². The Balaban J connectivity index is 1.31. The van der Waals surface area contributed by atoms with Crippen LogP contribution >= 0.6 is 11.6 Å². The number of anilines is 1. The van der Waals surface area contributed by atoms with Gasteiger partial charge in [-0.25, -0.2) is 23.2 Å². The number of hydrogen-bond donors (Lipinski definition) is 2. The number of benzene rings is 2. The van der Waals surface area contributed by atoms with E-state index in [-0.39, 0.29) is 11.5 Å². The van der Waals surface area contributed by atoms with Crippen molar-refractivity contribution >= 4 is 23.4 Å². The Labute approximate surface area is 250 Å². The second kappa shape index (κ2) is 11.8. The first-order valence-electron chi connectivity index (χ1n) is 13.7. The maximum atomic E-state index is 13.6. The monoisotopic (exact) mass is 604 g/mol. The van der Waals surface area contributed by atoms with E-state index in [9.17, 15) is 18.8 Å². The number of H-pyrrole nitrogens is 1. The fraction of sp³-hybridized carbons (Fsp3) is 0.226.